The zero-order valence-electron chi connectivity index (χ0n) is 14.9. The second kappa shape index (κ2) is 9.94. The van der Waals surface area contributed by atoms with Gasteiger partial charge in [-0.1, -0.05) is 0 Å². The van der Waals surface area contributed by atoms with Crippen LogP contribution in [0, 0.1) is 0 Å². The van der Waals surface area contributed by atoms with Gasteiger partial charge in [-0.2, -0.15) is 52.7 Å². The van der Waals surface area contributed by atoms with Crippen LogP contribution in [0.15, 0.2) is 0 Å². The summed E-state index contributed by atoms with van der Waals surface area (Å²) in [7, 11) is 0. The van der Waals surface area contributed by atoms with Crippen molar-refractivity contribution < 1.29 is 84.8 Å². The van der Waals surface area contributed by atoms with Crippen molar-refractivity contribution in [3.05, 3.63) is 0 Å². The maximum atomic E-state index is 13.1. The average Bonchev–Trinajstić information content (AvgIpc) is 2.68. The molecule has 0 bridgehead atoms. The van der Waals surface area contributed by atoms with Gasteiger partial charge in [-0.3, -0.25) is 0 Å². The molecule has 0 amide bonds. The lowest BCUT2D eigenvalue weighted by Gasteiger charge is -2.33. The summed E-state index contributed by atoms with van der Waals surface area (Å²) in [6.07, 6.45) is -12.2. The van der Waals surface area contributed by atoms with E-state index in [0.29, 0.717) is 0 Å². The Hall–Kier alpha value is -1.24. The van der Waals surface area contributed by atoms with Crippen LogP contribution >= 0.6 is 0 Å². The number of aliphatic hydroxyl groups is 1. The smallest absolute Gasteiger partial charge is 0.380 e. The summed E-state index contributed by atoms with van der Waals surface area (Å²) in [6.45, 7) is -10.8. The molecule has 0 aromatic heterocycles. The first kappa shape index (κ1) is 30.8. The van der Waals surface area contributed by atoms with E-state index in [2.05, 4.69) is 9.47 Å². The highest BCUT2D eigenvalue weighted by molar-refractivity contribution is 4.99. The van der Waals surface area contributed by atoms with Crippen molar-refractivity contribution in [2.75, 3.05) is 26.6 Å². The van der Waals surface area contributed by atoms with Crippen molar-refractivity contribution in [2.24, 2.45) is 0 Å². The number of rotatable bonds is 14. The summed E-state index contributed by atoms with van der Waals surface area (Å²) >= 11 is 0. The maximum Gasteiger partial charge on any atom is 0.380 e. The first-order chi connectivity index (χ1) is 14.1. The molecule has 0 saturated carbocycles. The summed E-state index contributed by atoms with van der Waals surface area (Å²) in [6, 6.07) is 0. The lowest BCUT2D eigenvalue weighted by atomic mass is 10.1. The van der Waals surface area contributed by atoms with Gasteiger partial charge in [0.25, 0.3) is 12.7 Å². The summed E-state index contributed by atoms with van der Waals surface area (Å²) in [5, 5.41) is 9.03. The molecule has 0 aliphatic heterocycles. The van der Waals surface area contributed by atoms with Crippen LogP contribution in [0.25, 0.3) is 0 Å². The highest BCUT2D eigenvalue weighted by Crippen LogP contribution is 2.49. The van der Waals surface area contributed by atoms with Gasteiger partial charge in [0.15, 0.2) is 13.3 Å². The average molecular weight is 520 g/mol. The molecule has 19 heteroatoms. The second-order valence-corrected chi connectivity index (χ2v) is 6.02. The lowest BCUT2D eigenvalue weighted by molar-refractivity contribution is -0.361. The molecule has 1 unspecified atom stereocenters. The molecular weight excluding hydrogens is 508 g/mol. The van der Waals surface area contributed by atoms with Crippen LogP contribution in [-0.4, -0.2) is 86.0 Å². The molecule has 32 heavy (non-hydrogen) atoms. The van der Waals surface area contributed by atoms with Crippen molar-refractivity contribution in [3.63, 3.8) is 0 Å². The number of halogens is 16. The Morgan fingerprint density at radius 1 is 0.562 bits per heavy atom. The van der Waals surface area contributed by atoms with Crippen LogP contribution in [0.4, 0.5) is 70.2 Å². The van der Waals surface area contributed by atoms with Crippen molar-refractivity contribution in [1.29, 1.82) is 0 Å². The van der Waals surface area contributed by atoms with Crippen LogP contribution in [0.5, 0.6) is 0 Å². The molecular formula is C13H12F16O3. The fourth-order valence-corrected chi connectivity index (χ4v) is 1.59. The molecule has 0 saturated heterocycles. The second-order valence-electron chi connectivity index (χ2n) is 6.02. The first-order valence-corrected chi connectivity index (χ1v) is 7.65. The largest absolute Gasteiger partial charge is 0.388 e. The van der Waals surface area contributed by atoms with Crippen LogP contribution < -0.4 is 0 Å². The fraction of sp³-hybridized carbons (Fsp3) is 1.00. The minimum Gasteiger partial charge on any atom is -0.388 e. The molecule has 0 aliphatic rings. The number of hydrogen-bond acceptors (Lipinski definition) is 3. The summed E-state index contributed by atoms with van der Waals surface area (Å²) in [5.41, 5.74) is 0. The van der Waals surface area contributed by atoms with Gasteiger partial charge in [-0.15, -0.1) is 0 Å². The van der Waals surface area contributed by atoms with Crippen LogP contribution in [0.1, 0.15) is 0 Å². The third-order valence-corrected chi connectivity index (χ3v) is 3.53. The van der Waals surface area contributed by atoms with Crippen molar-refractivity contribution in [2.45, 2.75) is 54.4 Å². The van der Waals surface area contributed by atoms with Gasteiger partial charge < -0.3 is 14.6 Å². The van der Waals surface area contributed by atoms with E-state index in [0.717, 1.165) is 0 Å². The van der Waals surface area contributed by atoms with E-state index in [-0.39, 0.29) is 0 Å². The Morgan fingerprint density at radius 3 is 1.03 bits per heavy atom. The van der Waals surface area contributed by atoms with Crippen molar-refractivity contribution >= 4 is 0 Å². The molecule has 0 aromatic rings. The van der Waals surface area contributed by atoms with Crippen LogP contribution in [0.3, 0.4) is 0 Å². The number of ether oxygens (including phenoxy) is 2. The van der Waals surface area contributed by atoms with E-state index < -0.39 is 80.9 Å². The van der Waals surface area contributed by atoms with Gasteiger partial charge in [0, 0.05) is 0 Å². The quantitative estimate of drug-likeness (QED) is 0.337. The number of alkyl halides is 16. The zero-order valence-corrected chi connectivity index (χ0v) is 14.9. The van der Waals surface area contributed by atoms with Crippen molar-refractivity contribution in [1.82, 2.24) is 0 Å². The Labute approximate surface area is 167 Å². The Kier molecular flexibility index (Phi) is 9.56. The Balaban J connectivity index is 5.04. The lowest BCUT2D eigenvalue weighted by Crippen LogP contribution is -2.60. The van der Waals surface area contributed by atoms with Gasteiger partial charge in [0.2, 0.25) is 0 Å². The van der Waals surface area contributed by atoms with E-state index in [1.165, 1.54) is 0 Å². The summed E-state index contributed by atoms with van der Waals surface area (Å²) < 4.78 is 211. The summed E-state index contributed by atoms with van der Waals surface area (Å²) in [4.78, 5) is 0. The van der Waals surface area contributed by atoms with Crippen LogP contribution in [0.2, 0.25) is 0 Å². The molecule has 0 fully saturated rings. The summed E-state index contributed by atoms with van der Waals surface area (Å²) in [5.74, 6) is -38.4. The molecule has 194 valence electrons. The molecule has 3 atom stereocenters. The highest BCUT2D eigenvalue weighted by Gasteiger charge is 2.76. The van der Waals surface area contributed by atoms with Crippen molar-refractivity contribution in [3.8, 4) is 0 Å². The first-order valence-electron chi connectivity index (χ1n) is 7.65. The van der Waals surface area contributed by atoms with E-state index in [1.807, 2.05) is 0 Å². The normalized spacial score (nSPS) is 17.9. The molecule has 0 spiro atoms. The van der Waals surface area contributed by atoms with Crippen LogP contribution in [-0.2, 0) is 9.47 Å². The van der Waals surface area contributed by atoms with Gasteiger partial charge >= 0.3 is 35.5 Å². The maximum absolute atomic E-state index is 13.1. The standard InChI is InChI=1S/C13H12F16O3/c14-3-8(18,19)12(26,27)10(22,23)6(16)31-1-5(30)2-32-7(17)11(24,25)13(28,29)9(20,21)4-15/h5-7,30H,1-4H2/t5?,6-,7+. The van der Waals surface area contributed by atoms with Gasteiger partial charge in [0.1, 0.15) is 6.10 Å². The molecule has 3 nitrogen and oxygen atoms in total. The number of aliphatic hydroxyl groups excluding tert-OH is 1. The predicted octanol–water partition coefficient (Wildman–Crippen LogP) is 4.72. The SMILES string of the molecule is OC(CO[C@@H](F)C(F)(F)C(F)(F)C(F)(F)CF)CO[C@H](F)C(F)(F)C(F)(F)C(F)(F)CF. The molecule has 0 heterocycles. The zero-order chi connectivity index (χ0) is 26.0. The molecule has 1 N–H and O–H groups in total. The van der Waals surface area contributed by atoms with E-state index in [4.69, 9.17) is 5.11 Å². The van der Waals surface area contributed by atoms with E-state index in [9.17, 15) is 70.2 Å². The molecule has 0 rings (SSSR count). The number of hydrogen-bond donors (Lipinski definition) is 1. The fourth-order valence-electron chi connectivity index (χ4n) is 1.59. The third-order valence-electron chi connectivity index (χ3n) is 3.53. The highest BCUT2D eigenvalue weighted by atomic mass is 19.4. The molecule has 0 aliphatic carbocycles. The Bertz CT molecular complexity index is 548. The van der Waals surface area contributed by atoms with Gasteiger partial charge in [-0.25, -0.2) is 17.6 Å². The van der Waals surface area contributed by atoms with Gasteiger partial charge in [0.05, 0.1) is 13.2 Å². The minimum atomic E-state index is -6.69. The third kappa shape index (κ3) is 5.63. The topological polar surface area (TPSA) is 38.7 Å². The van der Waals surface area contributed by atoms with Gasteiger partial charge in [-0.05, 0) is 0 Å². The monoisotopic (exact) mass is 520 g/mol. The predicted molar refractivity (Wildman–Crippen MR) is 69.3 cm³/mol. The van der Waals surface area contributed by atoms with E-state index >= 15 is 0 Å². The molecule has 0 radical (unpaired) electrons. The van der Waals surface area contributed by atoms with E-state index in [1.54, 1.807) is 0 Å². The molecule has 0 aromatic carbocycles. The minimum absolute atomic E-state index is 2.04. The Morgan fingerprint density at radius 2 is 0.812 bits per heavy atom.